The number of hydrogen-bond acceptors (Lipinski definition) is 4. The number of hydrogen-bond donors (Lipinski definition) is 1. The van der Waals surface area contributed by atoms with Gasteiger partial charge in [-0.25, -0.2) is 8.42 Å². The lowest BCUT2D eigenvalue weighted by Crippen LogP contribution is -2.32. The van der Waals surface area contributed by atoms with E-state index >= 15 is 0 Å². The second kappa shape index (κ2) is 8.67. The van der Waals surface area contributed by atoms with Gasteiger partial charge in [-0.05, 0) is 79.9 Å². The Kier molecular flexibility index (Phi) is 6.66. The highest BCUT2D eigenvalue weighted by molar-refractivity contribution is 9.10. The molecule has 0 atom stereocenters. The minimum absolute atomic E-state index is 0.0440. The van der Waals surface area contributed by atoms with Crippen molar-refractivity contribution in [3.05, 3.63) is 53.0 Å². The number of rotatable bonds is 5. The van der Waals surface area contributed by atoms with Crippen LogP contribution in [0.25, 0.3) is 0 Å². The fraction of sp³-hybridized carbons (Fsp3) is 0.368. The summed E-state index contributed by atoms with van der Waals surface area (Å²) in [7, 11) is -3.38. The van der Waals surface area contributed by atoms with Crippen LogP contribution in [-0.4, -0.2) is 25.2 Å². The Balaban J connectivity index is 1.60. The largest absolute Gasteiger partial charge is 0.446 e. The first-order valence-electron chi connectivity index (χ1n) is 8.75. The maximum Gasteiger partial charge on any atom is 0.446 e. The monoisotopic (exact) mass is 493 g/mol. The van der Waals surface area contributed by atoms with Gasteiger partial charge in [0.05, 0.1) is 10.1 Å². The van der Waals surface area contributed by atoms with Gasteiger partial charge < -0.3 is 5.32 Å². The molecule has 0 saturated heterocycles. The number of sulfone groups is 1. The van der Waals surface area contributed by atoms with Gasteiger partial charge in [0.1, 0.15) is 0 Å². The van der Waals surface area contributed by atoms with Crippen LogP contribution in [0.2, 0.25) is 0 Å². The van der Waals surface area contributed by atoms with Gasteiger partial charge in [-0.1, -0.05) is 22.0 Å². The molecule has 3 nitrogen and oxygen atoms in total. The predicted octanol–water partition coefficient (Wildman–Crippen LogP) is 6.26. The molecule has 1 N–H and O–H groups in total. The van der Waals surface area contributed by atoms with Crippen LogP contribution in [0.3, 0.4) is 0 Å². The molecule has 1 aliphatic rings. The number of thioether (sulfide) groups is 1. The Bertz CT molecular complexity index is 910. The summed E-state index contributed by atoms with van der Waals surface area (Å²) in [5, 5.41) is 2.81. The molecule has 0 aliphatic heterocycles. The average molecular weight is 494 g/mol. The van der Waals surface area contributed by atoms with E-state index in [0.717, 1.165) is 4.47 Å². The zero-order chi connectivity index (χ0) is 20.4. The summed E-state index contributed by atoms with van der Waals surface area (Å²) in [4.78, 5) is 0.452. The molecule has 9 heteroatoms. The molecule has 152 valence electrons. The van der Waals surface area contributed by atoms with Crippen molar-refractivity contribution in [3.8, 4) is 0 Å². The van der Waals surface area contributed by atoms with Gasteiger partial charge in [-0.2, -0.15) is 13.2 Å². The SMILES string of the molecule is O=S(=O)(c1ccc(Br)cc1)C1CCC(Nc2cccc(SC(F)(F)F)c2)CC1. The number of alkyl halides is 3. The summed E-state index contributed by atoms with van der Waals surface area (Å²) in [5.41, 5.74) is -3.70. The Morgan fingerprint density at radius 1 is 1.00 bits per heavy atom. The van der Waals surface area contributed by atoms with E-state index in [1.54, 1.807) is 36.4 Å². The maximum absolute atomic E-state index is 12.8. The lowest BCUT2D eigenvalue weighted by molar-refractivity contribution is -0.0328. The highest BCUT2D eigenvalue weighted by Gasteiger charge is 2.32. The van der Waals surface area contributed by atoms with E-state index in [1.807, 2.05) is 0 Å². The molecular weight excluding hydrogens is 475 g/mol. The van der Waals surface area contributed by atoms with E-state index in [9.17, 15) is 21.6 Å². The Hall–Kier alpha value is -1.19. The molecule has 28 heavy (non-hydrogen) atoms. The van der Waals surface area contributed by atoms with Crippen LogP contribution in [0, 0.1) is 0 Å². The summed E-state index contributed by atoms with van der Waals surface area (Å²) >= 11 is 3.16. The van der Waals surface area contributed by atoms with Gasteiger partial charge in [0.25, 0.3) is 0 Å². The van der Waals surface area contributed by atoms with E-state index in [0.29, 0.717) is 36.3 Å². The molecule has 2 aromatic carbocycles. The Labute approximate surface area is 175 Å². The molecule has 0 heterocycles. The van der Waals surface area contributed by atoms with Crippen molar-refractivity contribution >= 4 is 43.2 Å². The van der Waals surface area contributed by atoms with E-state index in [1.165, 1.54) is 12.1 Å². The standard InChI is InChI=1S/C19H19BrF3NO2S2/c20-13-4-8-17(9-5-13)28(25,26)18-10-6-14(7-11-18)24-15-2-1-3-16(12-15)27-19(21,22)23/h1-5,8-9,12,14,18,24H,6-7,10-11H2. The first-order valence-corrected chi connectivity index (χ1v) is 11.9. The molecule has 0 bridgehead atoms. The van der Waals surface area contributed by atoms with Crippen LogP contribution in [0.5, 0.6) is 0 Å². The van der Waals surface area contributed by atoms with Crippen molar-refractivity contribution in [1.29, 1.82) is 0 Å². The lowest BCUT2D eigenvalue weighted by Gasteiger charge is -2.29. The Morgan fingerprint density at radius 2 is 1.64 bits per heavy atom. The topological polar surface area (TPSA) is 46.2 Å². The molecule has 0 radical (unpaired) electrons. The van der Waals surface area contributed by atoms with Crippen LogP contribution < -0.4 is 5.32 Å². The molecule has 1 saturated carbocycles. The number of halogens is 4. The first kappa shape index (κ1) is 21.5. The van der Waals surface area contributed by atoms with Gasteiger partial charge in [0, 0.05) is 21.1 Å². The zero-order valence-electron chi connectivity index (χ0n) is 14.7. The zero-order valence-corrected chi connectivity index (χ0v) is 18.0. The number of nitrogens with one attached hydrogen (secondary N) is 1. The minimum atomic E-state index is -4.32. The molecule has 0 unspecified atom stereocenters. The van der Waals surface area contributed by atoms with Gasteiger partial charge in [0.2, 0.25) is 0 Å². The van der Waals surface area contributed by atoms with Crippen LogP contribution >= 0.6 is 27.7 Å². The quantitative estimate of drug-likeness (QED) is 0.499. The molecule has 2 aromatic rings. The lowest BCUT2D eigenvalue weighted by atomic mass is 9.95. The third-order valence-corrected chi connectivity index (χ3v) is 8.22. The third-order valence-electron chi connectivity index (χ3n) is 4.69. The van der Waals surface area contributed by atoms with Crippen LogP contribution in [0.4, 0.5) is 18.9 Å². The summed E-state index contributed by atoms with van der Waals surface area (Å²) in [6.07, 6.45) is 2.34. The molecule has 0 amide bonds. The van der Waals surface area contributed by atoms with Crippen LogP contribution in [0.1, 0.15) is 25.7 Å². The number of benzene rings is 2. The highest BCUT2D eigenvalue weighted by atomic mass is 79.9. The van der Waals surface area contributed by atoms with E-state index in [4.69, 9.17) is 0 Å². The summed E-state index contributed by atoms with van der Waals surface area (Å²) in [5.74, 6) is 0. The van der Waals surface area contributed by atoms with E-state index in [-0.39, 0.29) is 22.7 Å². The van der Waals surface area contributed by atoms with Crippen molar-refractivity contribution in [2.24, 2.45) is 0 Å². The minimum Gasteiger partial charge on any atom is -0.382 e. The molecule has 3 rings (SSSR count). The summed E-state index contributed by atoms with van der Waals surface area (Å²) in [6.45, 7) is 0. The van der Waals surface area contributed by atoms with Crippen LogP contribution in [0.15, 0.2) is 62.8 Å². The normalized spacial score (nSPS) is 20.7. The second-order valence-corrected chi connectivity index (χ2v) is 11.0. The van der Waals surface area contributed by atoms with Gasteiger partial charge in [-0.3, -0.25) is 0 Å². The molecule has 0 aromatic heterocycles. The van der Waals surface area contributed by atoms with E-state index < -0.39 is 20.6 Å². The highest BCUT2D eigenvalue weighted by Crippen LogP contribution is 2.38. The van der Waals surface area contributed by atoms with Gasteiger partial charge >= 0.3 is 5.51 Å². The summed E-state index contributed by atoms with van der Waals surface area (Å²) < 4.78 is 64.0. The van der Waals surface area contributed by atoms with E-state index in [2.05, 4.69) is 21.2 Å². The smallest absolute Gasteiger partial charge is 0.382 e. The summed E-state index contributed by atoms with van der Waals surface area (Å²) in [6, 6.07) is 12.9. The van der Waals surface area contributed by atoms with Crippen molar-refractivity contribution < 1.29 is 21.6 Å². The fourth-order valence-corrected chi connectivity index (χ4v) is 6.01. The van der Waals surface area contributed by atoms with Crippen molar-refractivity contribution in [2.45, 2.75) is 52.3 Å². The van der Waals surface area contributed by atoms with Crippen LogP contribution in [-0.2, 0) is 9.84 Å². The predicted molar refractivity (Wildman–Crippen MR) is 109 cm³/mol. The van der Waals surface area contributed by atoms with Crippen molar-refractivity contribution in [1.82, 2.24) is 0 Å². The molecule has 1 fully saturated rings. The molecule has 0 spiro atoms. The average Bonchev–Trinajstić information content (AvgIpc) is 2.61. The Morgan fingerprint density at radius 3 is 2.25 bits per heavy atom. The molecular formula is C19H19BrF3NO2S2. The van der Waals surface area contributed by atoms with Gasteiger partial charge in [0.15, 0.2) is 9.84 Å². The van der Waals surface area contributed by atoms with Crippen molar-refractivity contribution in [2.75, 3.05) is 5.32 Å². The first-order chi connectivity index (χ1) is 13.1. The molecule has 1 aliphatic carbocycles. The second-order valence-electron chi connectivity index (χ2n) is 6.69. The van der Waals surface area contributed by atoms with Crippen molar-refractivity contribution in [3.63, 3.8) is 0 Å². The number of anilines is 1. The third kappa shape index (κ3) is 5.67. The van der Waals surface area contributed by atoms with Gasteiger partial charge in [-0.15, -0.1) is 0 Å². The fourth-order valence-electron chi connectivity index (χ4n) is 3.35. The maximum atomic E-state index is 12.8.